The Morgan fingerprint density at radius 1 is 1.20 bits per heavy atom. The third kappa shape index (κ3) is 2.48. The van der Waals surface area contributed by atoms with Crippen LogP contribution in [0.2, 0.25) is 0 Å². The van der Waals surface area contributed by atoms with Gasteiger partial charge >= 0.3 is 0 Å². The molecule has 1 N–H and O–H groups in total. The Morgan fingerprint density at radius 2 is 2.05 bits per heavy atom. The Morgan fingerprint density at radius 3 is 2.80 bits per heavy atom. The highest BCUT2D eigenvalue weighted by Gasteiger charge is 2.23. The zero-order valence-corrected chi connectivity index (χ0v) is 11.7. The van der Waals surface area contributed by atoms with E-state index in [2.05, 4.69) is 17.4 Å². The Labute approximate surface area is 118 Å². The molecule has 1 aliphatic rings. The van der Waals surface area contributed by atoms with Gasteiger partial charge in [-0.1, -0.05) is 6.07 Å². The molecule has 3 rings (SSSR count). The van der Waals surface area contributed by atoms with E-state index >= 15 is 0 Å². The number of ether oxygens (including phenoxy) is 1. The van der Waals surface area contributed by atoms with E-state index in [1.54, 1.807) is 13.2 Å². The number of hydrogen-bond donors (Lipinski definition) is 1. The number of halogens is 1. The van der Waals surface area contributed by atoms with E-state index in [1.807, 2.05) is 19.1 Å². The second kappa shape index (κ2) is 5.16. The third-order valence-corrected chi connectivity index (χ3v) is 3.81. The summed E-state index contributed by atoms with van der Waals surface area (Å²) in [4.78, 5) is 0. The molecule has 0 saturated carbocycles. The van der Waals surface area contributed by atoms with E-state index < -0.39 is 0 Å². The number of anilines is 1. The van der Waals surface area contributed by atoms with Crippen molar-refractivity contribution in [3.8, 4) is 5.75 Å². The molecule has 1 aliphatic carbocycles. The summed E-state index contributed by atoms with van der Waals surface area (Å²) in [6.45, 7) is 1.90. The van der Waals surface area contributed by atoms with Gasteiger partial charge in [0.05, 0.1) is 13.2 Å². The maximum atomic E-state index is 13.5. The van der Waals surface area contributed by atoms with Crippen molar-refractivity contribution in [3.63, 3.8) is 0 Å². The topological polar surface area (TPSA) is 21.3 Å². The highest BCUT2D eigenvalue weighted by molar-refractivity contribution is 5.51. The maximum Gasteiger partial charge on any atom is 0.125 e. The summed E-state index contributed by atoms with van der Waals surface area (Å²) < 4.78 is 18.7. The molecule has 3 heteroatoms. The van der Waals surface area contributed by atoms with Crippen LogP contribution in [0.5, 0.6) is 5.75 Å². The molecule has 0 aromatic heterocycles. The van der Waals surface area contributed by atoms with Gasteiger partial charge in [0.15, 0.2) is 0 Å². The van der Waals surface area contributed by atoms with E-state index in [0.717, 1.165) is 29.8 Å². The summed E-state index contributed by atoms with van der Waals surface area (Å²) in [7, 11) is 1.68. The fourth-order valence-electron chi connectivity index (χ4n) is 2.88. The lowest BCUT2D eigenvalue weighted by Crippen LogP contribution is -2.07. The summed E-state index contributed by atoms with van der Waals surface area (Å²) in [5, 5.41) is 3.43. The SMILES string of the molecule is COc1ccc2c(c1)C(Nc1cc(C)cc(F)c1)CC2. The molecule has 0 fully saturated rings. The minimum absolute atomic E-state index is 0.198. The molecule has 0 aliphatic heterocycles. The molecule has 1 unspecified atom stereocenters. The van der Waals surface area contributed by atoms with Gasteiger partial charge in [-0.3, -0.25) is 0 Å². The molecule has 1 atom stereocenters. The van der Waals surface area contributed by atoms with Crippen LogP contribution in [0.25, 0.3) is 0 Å². The van der Waals surface area contributed by atoms with Crippen LogP contribution in [0, 0.1) is 12.7 Å². The highest BCUT2D eigenvalue weighted by Crippen LogP contribution is 2.36. The fourth-order valence-corrected chi connectivity index (χ4v) is 2.88. The van der Waals surface area contributed by atoms with Gasteiger partial charge in [0.25, 0.3) is 0 Å². The molecule has 0 bridgehead atoms. The van der Waals surface area contributed by atoms with Gasteiger partial charge in [-0.25, -0.2) is 4.39 Å². The minimum Gasteiger partial charge on any atom is -0.497 e. The molecular formula is C17H18FNO. The molecule has 0 saturated heterocycles. The molecule has 0 radical (unpaired) electrons. The number of nitrogens with one attached hydrogen (secondary N) is 1. The molecule has 104 valence electrons. The monoisotopic (exact) mass is 271 g/mol. The molecule has 2 nitrogen and oxygen atoms in total. The van der Waals surface area contributed by atoms with Crippen molar-refractivity contribution in [1.29, 1.82) is 0 Å². The first kappa shape index (κ1) is 13.0. The molecule has 0 amide bonds. The van der Waals surface area contributed by atoms with E-state index in [-0.39, 0.29) is 11.9 Å². The predicted octanol–water partition coefficient (Wildman–Crippen LogP) is 4.24. The second-order valence-electron chi connectivity index (χ2n) is 5.32. The van der Waals surface area contributed by atoms with Crippen LogP contribution in [0.15, 0.2) is 36.4 Å². The lowest BCUT2D eigenvalue weighted by Gasteiger charge is -2.16. The zero-order valence-electron chi connectivity index (χ0n) is 11.7. The minimum atomic E-state index is -0.198. The first-order valence-electron chi connectivity index (χ1n) is 6.86. The Balaban J connectivity index is 1.87. The van der Waals surface area contributed by atoms with Gasteiger partial charge in [-0.05, 0) is 66.8 Å². The van der Waals surface area contributed by atoms with Gasteiger partial charge in [0.2, 0.25) is 0 Å². The van der Waals surface area contributed by atoms with Crippen molar-refractivity contribution in [3.05, 3.63) is 58.9 Å². The number of benzene rings is 2. The third-order valence-electron chi connectivity index (χ3n) is 3.81. The van der Waals surface area contributed by atoms with Gasteiger partial charge in [0, 0.05) is 5.69 Å². The van der Waals surface area contributed by atoms with Crippen molar-refractivity contribution >= 4 is 5.69 Å². The standard InChI is InChI=1S/C17H18FNO/c1-11-7-13(18)9-14(8-11)19-17-6-4-12-3-5-15(20-2)10-16(12)17/h3,5,7-10,17,19H,4,6H2,1-2H3. The molecule has 2 aromatic rings. The molecule has 0 heterocycles. The lowest BCUT2D eigenvalue weighted by molar-refractivity contribution is 0.414. The van der Waals surface area contributed by atoms with Crippen molar-refractivity contribution in [1.82, 2.24) is 0 Å². The molecule has 0 spiro atoms. The van der Waals surface area contributed by atoms with Crippen LogP contribution in [-0.2, 0) is 6.42 Å². The average Bonchev–Trinajstić information content (AvgIpc) is 2.80. The average molecular weight is 271 g/mol. The number of fused-ring (bicyclic) bond motifs is 1. The van der Waals surface area contributed by atoms with Crippen molar-refractivity contribution in [2.24, 2.45) is 0 Å². The number of methoxy groups -OCH3 is 1. The van der Waals surface area contributed by atoms with Crippen molar-refractivity contribution in [2.75, 3.05) is 12.4 Å². The predicted molar refractivity (Wildman–Crippen MR) is 78.8 cm³/mol. The highest BCUT2D eigenvalue weighted by atomic mass is 19.1. The van der Waals surface area contributed by atoms with Crippen LogP contribution >= 0.6 is 0 Å². The Bertz CT molecular complexity index is 619. The van der Waals surface area contributed by atoms with E-state index in [9.17, 15) is 4.39 Å². The molecular weight excluding hydrogens is 253 g/mol. The summed E-state index contributed by atoms with van der Waals surface area (Å²) in [6, 6.07) is 11.5. The zero-order chi connectivity index (χ0) is 14.1. The van der Waals surface area contributed by atoms with E-state index in [4.69, 9.17) is 4.74 Å². The summed E-state index contributed by atoms with van der Waals surface area (Å²) >= 11 is 0. The normalized spacial score (nSPS) is 16.9. The number of aryl methyl sites for hydroxylation is 2. The first-order valence-corrected chi connectivity index (χ1v) is 6.86. The molecule has 20 heavy (non-hydrogen) atoms. The van der Waals surface area contributed by atoms with Crippen molar-refractivity contribution < 1.29 is 9.13 Å². The Kier molecular flexibility index (Phi) is 3.35. The Hall–Kier alpha value is -2.03. The second-order valence-corrected chi connectivity index (χ2v) is 5.32. The van der Waals surface area contributed by atoms with Gasteiger partial charge in [-0.2, -0.15) is 0 Å². The number of rotatable bonds is 3. The van der Waals surface area contributed by atoms with Crippen LogP contribution in [-0.4, -0.2) is 7.11 Å². The van der Waals surface area contributed by atoms with Gasteiger partial charge in [0.1, 0.15) is 11.6 Å². The number of hydrogen-bond acceptors (Lipinski definition) is 2. The van der Waals surface area contributed by atoms with E-state index in [1.165, 1.54) is 17.2 Å². The largest absolute Gasteiger partial charge is 0.497 e. The molecule has 2 aromatic carbocycles. The fraction of sp³-hybridized carbons (Fsp3) is 0.294. The van der Waals surface area contributed by atoms with Crippen LogP contribution in [0.4, 0.5) is 10.1 Å². The van der Waals surface area contributed by atoms with Gasteiger partial charge < -0.3 is 10.1 Å². The lowest BCUT2D eigenvalue weighted by atomic mass is 10.1. The van der Waals surface area contributed by atoms with Crippen molar-refractivity contribution in [2.45, 2.75) is 25.8 Å². The van der Waals surface area contributed by atoms with Crippen LogP contribution in [0.1, 0.15) is 29.2 Å². The first-order chi connectivity index (χ1) is 9.65. The van der Waals surface area contributed by atoms with Crippen LogP contribution in [0.3, 0.4) is 0 Å². The summed E-state index contributed by atoms with van der Waals surface area (Å²) in [6.07, 6.45) is 2.07. The van der Waals surface area contributed by atoms with E-state index in [0.29, 0.717) is 0 Å². The van der Waals surface area contributed by atoms with Crippen LogP contribution < -0.4 is 10.1 Å². The smallest absolute Gasteiger partial charge is 0.125 e. The van der Waals surface area contributed by atoms with Gasteiger partial charge in [-0.15, -0.1) is 0 Å². The quantitative estimate of drug-likeness (QED) is 0.901. The summed E-state index contributed by atoms with van der Waals surface area (Å²) in [5.74, 6) is 0.671. The summed E-state index contributed by atoms with van der Waals surface area (Å²) in [5.41, 5.74) is 4.36. The maximum absolute atomic E-state index is 13.5.